The van der Waals surface area contributed by atoms with E-state index in [0.29, 0.717) is 6.54 Å². The Bertz CT molecular complexity index is 607. The number of nitrogens with zero attached hydrogens (tertiary/aromatic N) is 3. The van der Waals surface area contributed by atoms with Gasteiger partial charge in [-0.1, -0.05) is 0 Å². The standard InChI is InChI=1S/C16H22N4O2/c1-19(10-4-5-13-11-17-20(2)12-13)16(21)18-14-6-8-15(22-3)9-7-14/h6-9,11-12H,4-5,10H2,1-3H3,(H,18,21). The number of hydrogen-bond donors (Lipinski definition) is 1. The van der Waals surface area contributed by atoms with Crippen molar-refractivity contribution in [2.75, 3.05) is 26.0 Å². The van der Waals surface area contributed by atoms with Crippen molar-refractivity contribution in [3.05, 3.63) is 42.2 Å². The molecule has 1 N–H and O–H groups in total. The Morgan fingerprint density at radius 3 is 2.68 bits per heavy atom. The van der Waals surface area contributed by atoms with Crippen LogP contribution in [0.1, 0.15) is 12.0 Å². The van der Waals surface area contributed by atoms with Gasteiger partial charge < -0.3 is 15.0 Å². The van der Waals surface area contributed by atoms with Crippen LogP contribution in [0.2, 0.25) is 0 Å². The molecular formula is C16H22N4O2. The Balaban J connectivity index is 1.76. The van der Waals surface area contributed by atoms with Crippen LogP contribution in [-0.2, 0) is 13.5 Å². The lowest BCUT2D eigenvalue weighted by Crippen LogP contribution is -2.32. The molecule has 22 heavy (non-hydrogen) atoms. The van der Waals surface area contributed by atoms with Gasteiger partial charge in [0.15, 0.2) is 0 Å². The summed E-state index contributed by atoms with van der Waals surface area (Å²) in [7, 11) is 5.31. The molecule has 0 aliphatic heterocycles. The summed E-state index contributed by atoms with van der Waals surface area (Å²) >= 11 is 0. The van der Waals surface area contributed by atoms with Crippen LogP contribution in [0.25, 0.3) is 0 Å². The van der Waals surface area contributed by atoms with Gasteiger partial charge in [-0.3, -0.25) is 4.68 Å². The number of aromatic nitrogens is 2. The summed E-state index contributed by atoms with van der Waals surface area (Å²) in [6.45, 7) is 0.691. The molecule has 0 aliphatic rings. The van der Waals surface area contributed by atoms with E-state index in [0.717, 1.165) is 24.3 Å². The van der Waals surface area contributed by atoms with Gasteiger partial charge in [0.25, 0.3) is 0 Å². The van der Waals surface area contributed by atoms with E-state index in [1.54, 1.807) is 23.7 Å². The van der Waals surface area contributed by atoms with E-state index in [1.165, 1.54) is 5.56 Å². The summed E-state index contributed by atoms with van der Waals surface area (Å²) in [5.74, 6) is 0.767. The lowest BCUT2D eigenvalue weighted by molar-refractivity contribution is 0.222. The van der Waals surface area contributed by atoms with Crippen LogP contribution in [0.3, 0.4) is 0 Å². The Morgan fingerprint density at radius 1 is 1.36 bits per heavy atom. The Kier molecular flexibility index (Phi) is 5.41. The molecule has 1 aromatic heterocycles. The summed E-state index contributed by atoms with van der Waals surface area (Å²) in [4.78, 5) is 13.8. The predicted octanol–water partition coefficient (Wildman–Crippen LogP) is 2.53. The third-order valence-corrected chi connectivity index (χ3v) is 3.41. The Labute approximate surface area is 130 Å². The number of nitrogens with one attached hydrogen (secondary N) is 1. The Morgan fingerprint density at radius 2 is 2.09 bits per heavy atom. The first-order valence-electron chi connectivity index (χ1n) is 7.22. The van der Waals surface area contributed by atoms with E-state index >= 15 is 0 Å². The van der Waals surface area contributed by atoms with E-state index in [-0.39, 0.29) is 6.03 Å². The maximum atomic E-state index is 12.1. The molecule has 0 spiro atoms. The smallest absolute Gasteiger partial charge is 0.321 e. The molecule has 0 fully saturated rings. The van der Waals surface area contributed by atoms with Gasteiger partial charge >= 0.3 is 6.03 Å². The van der Waals surface area contributed by atoms with Gasteiger partial charge in [-0.25, -0.2) is 4.79 Å². The van der Waals surface area contributed by atoms with Gasteiger partial charge in [-0.15, -0.1) is 0 Å². The minimum atomic E-state index is -0.114. The minimum absolute atomic E-state index is 0.114. The van der Waals surface area contributed by atoms with Crippen molar-refractivity contribution in [2.24, 2.45) is 7.05 Å². The van der Waals surface area contributed by atoms with Crippen molar-refractivity contribution in [2.45, 2.75) is 12.8 Å². The number of carbonyl (C=O) groups excluding carboxylic acids is 1. The monoisotopic (exact) mass is 302 g/mol. The molecule has 2 rings (SSSR count). The molecule has 0 bridgehead atoms. The van der Waals surface area contributed by atoms with Gasteiger partial charge in [-0.2, -0.15) is 5.10 Å². The highest BCUT2D eigenvalue weighted by Crippen LogP contribution is 2.15. The zero-order valence-corrected chi connectivity index (χ0v) is 13.2. The van der Waals surface area contributed by atoms with Gasteiger partial charge in [-0.05, 0) is 42.7 Å². The third-order valence-electron chi connectivity index (χ3n) is 3.41. The summed E-state index contributed by atoms with van der Waals surface area (Å²) < 4.78 is 6.88. The second-order valence-electron chi connectivity index (χ2n) is 5.21. The maximum Gasteiger partial charge on any atom is 0.321 e. The molecule has 1 aromatic carbocycles. The van der Waals surface area contributed by atoms with Crippen LogP contribution < -0.4 is 10.1 Å². The first-order chi connectivity index (χ1) is 10.6. The van der Waals surface area contributed by atoms with E-state index in [9.17, 15) is 4.79 Å². The van der Waals surface area contributed by atoms with Crippen molar-refractivity contribution in [3.63, 3.8) is 0 Å². The van der Waals surface area contributed by atoms with Crippen LogP contribution in [-0.4, -0.2) is 41.4 Å². The number of rotatable bonds is 6. The van der Waals surface area contributed by atoms with Crippen molar-refractivity contribution in [1.82, 2.24) is 14.7 Å². The van der Waals surface area contributed by atoms with Crippen molar-refractivity contribution in [3.8, 4) is 5.75 Å². The van der Waals surface area contributed by atoms with Crippen LogP contribution in [0.5, 0.6) is 5.75 Å². The summed E-state index contributed by atoms with van der Waals surface area (Å²) in [6, 6.07) is 7.16. The zero-order valence-electron chi connectivity index (χ0n) is 13.2. The number of urea groups is 1. The average Bonchev–Trinajstić information content (AvgIpc) is 2.93. The molecular weight excluding hydrogens is 280 g/mol. The topological polar surface area (TPSA) is 59.4 Å². The number of benzene rings is 1. The maximum absolute atomic E-state index is 12.1. The van der Waals surface area contributed by atoms with E-state index in [1.807, 2.05) is 43.7 Å². The fraction of sp³-hybridized carbons (Fsp3) is 0.375. The second kappa shape index (κ2) is 7.49. The molecule has 6 nitrogen and oxygen atoms in total. The number of carbonyl (C=O) groups is 1. The largest absolute Gasteiger partial charge is 0.497 e. The zero-order chi connectivity index (χ0) is 15.9. The normalized spacial score (nSPS) is 10.3. The number of amides is 2. The highest BCUT2D eigenvalue weighted by molar-refractivity contribution is 5.89. The fourth-order valence-corrected chi connectivity index (χ4v) is 2.12. The molecule has 2 amide bonds. The van der Waals surface area contributed by atoms with Gasteiger partial charge in [0.05, 0.1) is 13.3 Å². The number of aryl methyl sites for hydroxylation is 2. The van der Waals surface area contributed by atoms with E-state index in [4.69, 9.17) is 4.74 Å². The summed E-state index contributed by atoms with van der Waals surface area (Å²) in [6.07, 6.45) is 5.67. The van der Waals surface area contributed by atoms with E-state index in [2.05, 4.69) is 10.4 Å². The molecule has 0 atom stereocenters. The number of hydrogen-bond acceptors (Lipinski definition) is 3. The summed E-state index contributed by atoms with van der Waals surface area (Å²) in [5, 5.41) is 6.99. The minimum Gasteiger partial charge on any atom is -0.497 e. The molecule has 0 saturated carbocycles. The Hall–Kier alpha value is -2.50. The number of methoxy groups -OCH3 is 1. The van der Waals surface area contributed by atoms with Crippen molar-refractivity contribution < 1.29 is 9.53 Å². The molecule has 2 aromatic rings. The van der Waals surface area contributed by atoms with Crippen LogP contribution in [0.15, 0.2) is 36.7 Å². The SMILES string of the molecule is COc1ccc(NC(=O)N(C)CCCc2cnn(C)c2)cc1. The fourth-order valence-electron chi connectivity index (χ4n) is 2.12. The molecule has 0 unspecified atom stereocenters. The molecule has 0 radical (unpaired) electrons. The van der Waals surface area contributed by atoms with E-state index < -0.39 is 0 Å². The van der Waals surface area contributed by atoms with Gasteiger partial charge in [0, 0.05) is 32.5 Å². The molecule has 6 heteroatoms. The van der Waals surface area contributed by atoms with Crippen molar-refractivity contribution in [1.29, 1.82) is 0 Å². The first kappa shape index (κ1) is 15.9. The second-order valence-corrected chi connectivity index (χ2v) is 5.21. The first-order valence-corrected chi connectivity index (χ1v) is 7.22. The third kappa shape index (κ3) is 4.51. The quantitative estimate of drug-likeness (QED) is 0.892. The average molecular weight is 302 g/mol. The molecule has 1 heterocycles. The highest BCUT2D eigenvalue weighted by Gasteiger charge is 2.08. The number of ether oxygens (including phenoxy) is 1. The van der Waals surface area contributed by atoms with Gasteiger partial charge in [0.2, 0.25) is 0 Å². The van der Waals surface area contributed by atoms with Gasteiger partial charge in [0.1, 0.15) is 5.75 Å². The lowest BCUT2D eigenvalue weighted by Gasteiger charge is -2.17. The molecule has 0 aliphatic carbocycles. The van der Waals surface area contributed by atoms with Crippen molar-refractivity contribution >= 4 is 11.7 Å². The van der Waals surface area contributed by atoms with Crippen LogP contribution in [0, 0.1) is 0 Å². The lowest BCUT2D eigenvalue weighted by atomic mass is 10.2. The van der Waals surface area contributed by atoms with Crippen LogP contribution in [0.4, 0.5) is 10.5 Å². The predicted molar refractivity (Wildman–Crippen MR) is 86.2 cm³/mol. The highest BCUT2D eigenvalue weighted by atomic mass is 16.5. The molecule has 118 valence electrons. The molecule has 0 saturated heterocycles. The summed E-state index contributed by atoms with van der Waals surface area (Å²) in [5.41, 5.74) is 1.94. The number of anilines is 1. The van der Waals surface area contributed by atoms with Crippen LogP contribution >= 0.6 is 0 Å².